The van der Waals surface area contributed by atoms with Gasteiger partial charge in [-0.05, 0) is 30.0 Å². The van der Waals surface area contributed by atoms with E-state index in [-0.39, 0.29) is 5.91 Å². The zero-order chi connectivity index (χ0) is 17.4. The Hall–Kier alpha value is -1.31. The average molecular weight is 385 g/mol. The van der Waals surface area contributed by atoms with E-state index in [1.165, 1.54) is 23.1 Å². The number of carbonyl (C=O) groups excluding carboxylic acids is 1. The monoisotopic (exact) mass is 384 g/mol. The van der Waals surface area contributed by atoms with Gasteiger partial charge in [-0.15, -0.1) is 10.2 Å². The van der Waals surface area contributed by atoms with Crippen LogP contribution in [0.25, 0.3) is 0 Å². The van der Waals surface area contributed by atoms with Crippen LogP contribution in [0.3, 0.4) is 0 Å². The van der Waals surface area contributed by atoms with E-state index in [0.29, 0.717) is 18.2 Å². The molecule has 0 aliphatic carbocycles. The van der Waals surface area contributed by atoms with Crippen LogP contribution in [-0.4, -0.2) is 34.9 Å². The predicted octanol–water partition coefficient (Wildman–Crippen LogP) is 3.71. The lowest BCUT2D eigenvalue weighted by molar-refractivity contribution is -0.118. The Kier molecular flexibility index (Phi) is 7.81. The number of hydrogen-bond donors (Lipinski definition) is 2. The number of hydrogen-bond acceptors (Lipinski definition) is 6. The van der Waals surface area contributed by atoms with Gasteiger partial charge >= 0.3 is 0 Å². The number of halogens is 1. The van der Waals surface area contributed by atoms with Crippen molar-refractivity contribution in [1.29, 1.82) is 0 Å². The molecule has 0 fully saturated rings. The minimum absolute atomic E-state index is 0.000790. The minimum Gasteiger partial charge on any atom is -0.360 e. The molecule has 0 bridgehead atoms. The van der Waals surface area contributed by atoms with E-state index in [1.807, 2.05) is 24.3 Å². The van der Waals surface area contributed by atoms with Gasteiger partial charge in [-0.3, -0.25) is 4.79 Å². The SMILES string of the molecule is CC(C)CNc1nnc(SCC(=O)NCCc2ccc(Cl)cc2)s1. The van der Waals surface area contributed by atoms with Crippen LogP contribution in [0.1, 0.15) is 19.4 Å². The predicted molar refractivity (Wildman–Crippen MR) is 102 cm³/mol. The van der Waals surface area contributed by atoms with Gasteiger partial charge in [-0.2, -0.15) is 0 Å². The molecule has 2 aromatic rings. The first-order valence-electron chi connectivity index (χ1n) is 7.74. The van der Waals surface area contributed by atoms with Crippen LogP contribution in [0.5, 0.6) is 0 Å². The number of aromatic nitrogens is 2. The fourth-order valence-corrected chi connectivity index (χ4v) is 3.52. The second kappa shape index (κ2) is 9.86. The Bertz CT molecular complexity index is 646. The van der Waals surface area contributed by atoms with Crippen molar-refractivity contribution < 1.29 is 4.79 Å². The fourth-order valence-electron chi connectivity index (χ4n) is 1.81. The molecule has 8 heteroatoms. The molecular formula is C16H21ClN4OS2. The number of thioether (sulfide) groups is 1. The van der Waals surface area contributed by atoms with Crippen molar-refractivity contribution in [3.05, 3.63) is 34.9 Å². The molecule has 1 amide bonds. The van der Waals surface area contributed by atoms with Gasteiger partial charge < -0.3 is 10.6 Å². The summed E-state index contributed by atoms with van der Waals surface area (Å²) in [5.41, 5.74) is 1.15. The van der Waals surface area contributed by atoms with Crippen molar-refractivity contribution in [2.24, 2.45) is 5.92 Å². The van der Waals surface area contributed by atoms with Gasteiger partial charge in [0.1, 0.15) is 0 Å². The molecule has 0 atom stereocenters. The summed E-state index contributed by atoms with van der Waals surface area (Å²) in [7, 11) is 0. The second-order valence-electron chi connectivity index (χ2n) is 5.66. The third-order valence-corrected chi connectivity index (χ3v) is 5.31. The number of nitrogens with zero attached hydrogens (tertiary/aromatic N) is 2. The largest absolute Gasteiger partial charge is 0.360 e. The summed E-state index contributed by atoms with van der Waals surface area (Å²) in [5.74, 6) is 0.900. The Morgan fingerprint density at radius 3 is 2.75 bits per heavy atom. The quantitative estimate of drug-likeness (QED) is 0.645. The first kappa shape index (κ1) is 19.0. The number of anilines is 1. The van der Waals surface area contributed by atoms with Gasteiger partial charge in [0.25, 0.3) is 0 Å². The highest BCUT2D eigenvalue weighted by Crippen LogP contribution is 2.25. The van der Waals surface area contributed by atoms with Crippen LogP contribution in [0.2, 0.25) is 5.02 Å². The zero-order valence-corrected chi connectivity index (χ0v) is 16.1. The number of amides is 1. The standard InChI is InChI=1S/C16H21ClN4OS2/c1-11(2)9-19-15-20-21-16(24-15)23-10-14(22)18-8-7-12-3-5-13(17)6-4-12/h3-6,11H,7-10H2,1-2H3,(H,18,22)(H,19,20). The first-order valence-corrected chi connectivity index (χ1v) is 9.92. The van der Waals surface area contributed by atoms with Gasteiger partial charge in [-0.25, -0.2) is 0 Å². The van der Waals surface area contributed by atoms with E-state index < -0.39 is 0 Å². The lowest BCUT2D eigenvalue weighted by atomic mass is 10.1. The van der Waals surface area contributed by atoms with Crippen molar-refractivity contribution >= 4 is 45.7 Å². The maximum atomic E-state index is 11.9. The van der Waals surface area contributed by atoms with Crippen LogP contribution in [0, 0.1) is 5.92 Å². The maximum Gasteiger partial charge on any atom is 0.230 e. The topological polar surface area (TPSA) is 66.9 Å². The van der Waals surface area contributed by atoms with E-state index in [0.717, 1.165) is 33.0 Å². The Balaban J connectivity index is 1.65. The van der Waals surface area contributed by atoms with Crippen molar-refractivity contribution in [2.75, 3.05) is 24.2 Å². The molecule has 2 N–H and O–H groups in total. The molecule has 130 valence electrons. The fraction of sp³-hybridized carbons (Fsp3) is 0.438. The Morgan fingerprint density at radius 2 is 2.04 bits per heavy atom. The van der Waals surface area contributed by atoms with Crippen LogP contribution in [0.15, 0.2) is 28.6 Å². The van der Waals surface area contributed by atoms with Gasteiger partial charge in [0.2, 0.25) is 11.0 Å². The van der Waals surface area contributed by atoms with Crippen molar-refractivity contribution in [3.8, 4) is 0 Å². The number of benzene rings is 1. The molecule has 1 aromatic heterocycles. The summed E-state index contributed by atoms with van der Waals surface area (Å²) in [5, 5.41) is 15.8. The lowest BCUT2D eigenvalue weighted by Crippen LogP contribution is -2.27. The molecule has 1 heterocycles. The molecule has 1 aromatic carbocycles. The van der Waals surface area contributed by atoms with E-state index in [2.05, 4.69) is 34.7 Å². The Labute approximate surface area is 155 Å². The van der Waals surface area contributed by atoms with Crippen LogP contribution >= 0.6 is 34.7 Å². The Morgan fingerprint density at radius 1 is 1.29 bits per heavy atom. The molecular weight excluding hydrogens is 364 g/mol. The number of carbonyl (C=O) groups is 1. The van der Waals surface area contributed by atoms with E-state index in [1.54, 1.807) is 0 Å². The summed E-state index contributed by atoms with van der Waals surface area (Å²) < 4.78 is 0.800. The average Bonchev–Trinajstić information content (AvgIpc) is 3.01. The van der Waals surface area contributed by atoms with E-state index in [4.69, 9.17) is 11.6 Å². The van der Waals surface area contributed by atoms with Crippen LogP contribution < -0.4 is 10.6 Å². The van der Waals surface area contributed by atoms with E-state index >= 15 is 0 Å². The van der Waals surface area contributed by atoms with Crippen LogP contribution in [-0.2, 0) is 11.2 Å². The molecule has 2 rings (SSSR count). The highest BCUT2D eigenvalue weighted by atomic mass is 35.5. The zero-order valence-electron chi connectivity index (χ0n) is 13.7. The van der Waals surface area contributed by atoms with Gasteiger partial charge in [0.15, 0.2) is 4.34 Å². The molecule has 0 radical (unpaired) electrons. The van der Waals surface area contributed by atoms with Gasteiger partial charge in [0, 0.05) is 18.1 Å². The molecule has 24 heavy (non-hydrogen) atoms. The van der Waals surface area contributed by atoms with Crippen molar-refractivity contribution in [3.63, 3.8) is 0 Å². The first-order chi connectivity index (χ1) is 11.5. The second-order valence-corrected chi connectivity index (χ2v) is 8.30. The third kappa shape index (κ3) is 7.07. The normalized spacial score (nSPS) is 10.8. The molecule has 0 spiro atoms. The minimum atomic E-state index is 0.000790. The highest BCUT2D eigenvalue weighted by molar-refractivity contribution is 8.01. The summed E-state index contributed by atoms with van der Waals surface area (Å²) in [6.45, 7) is 5.75. The van der Waals surface area contributed by atoms with Crippen molar-refractivity contribution in [1.82, 2.24) is 15.5 Å². The summed E-state index contributed by atoms with van der Waals surface area (Å²) >= 11 is 8.73. The van der Waals surface area contributed by atoms with Crippen molar-refractivity contribution in [2.45, 2.75) is 24.6 Å². The molecule has 5 nitrogen and oxygen atoms in total. The smallest absolute Gasteiger partial charge is 0.230 e. The third-order valence-electron chi connectivity index (χ3n) is 3.04. The summed E-state index contributed by atoms with van der Waals surface area (Å²) in [4.78, 5) is 11.9. The van der Waals surface area contributed by atoms with Gasteiger partial charge in [0.05, 0.1) is 5.75 Å². The molecule has 0 unspecified atom stereocenters. The summed E-state index contributed by atoms with van der Waals surface area (Å²) in [6.07, 6.45) is 0.787. The molecule has 0 saturated heterocycles. The summed E-state index contributed by atoms with van der Waals surface area (Å²) in [6, 6.07) is 7.65. The molecule has 0 aliphatic heterocycles. The highest BCUT2D eigenvalue weighted by Gasteiger charge is 2.08. The molecule has 0 aliphatic rings. The van der Waals surface area contributed by atoms with Crippen LogP contribution in [0.4, 0.5) is 5.13 Å². The maximum absolute atomic E-state index is 11.9. The number of nitrogens with one attached hydrogen (secondary N) is 2. The van der Waals surface area contributed by atoms with E-state index in [9.17, 15) is 4.79 Å². The van der Waals surface area contributed by atoms with Gasteiger partial charge in [-0.1, -0.05) is 60.7 Å². The lowest BCUT2D eigenvalue weighted by Gasteiger charge is -2.04. The number of rotatable bonds is 9. The molecule has 0 saturated carbocycles.